The van der Waals surface area contributed by atoms with Crippen molar-refractivity contribution in [2.45, 2.75) is 38.8 Å². The van der Waals surface area contributed by atoms with Crippen molar-refractivity contribution in [3.8, 4) is 5.75 Å². The lowest BCUT2D eigenvalue weighted by atomic mass is 10.1. The van der Waals surface area contributed by atoms with Crippen molar-refractivity contribution in [1.82, 2.24) is 5.32 Å². The molecule has 5 nitrogen and oxygen atoms in total. The zero-order chi connectivity index (χ0) is 15.3. The first kappa shape index (κ1) is 16.6. The number of hydrogen-bond acceptors (Lipinski definition) is 4. The summed E-state index contributed by atoms with van der Waals surface area (Å²) >= 11 is 5.84. The summed E-state index contributed by atoms with van der Waals surface area (Å²) in [6, 6.07) is 4.73. The molecule has 1 unspecified atom stereocenters. The van der Waals surface area contributed by atoms with Gasteiger partial charge < -0.3 is 20.9 Å². The van der Waals surface area contributed by atoms with Gasteiger partial charge >= 0.3 is 6.09 Å². The maximum absolute atomic E-state index is 11.7. The van der Waals surface area contributed by atoms with Crippen molar-refractivity contribution >= 4 is 17.7 Å². The second-order valence-corrected chi connectivity index (χ2v) is 5.94. The Morgan fingerprint density at radius 3 is 2.70 bits per heavy atom. The van der Waals surface area contributed by atoms with Crippen molar-refractivity contribution in [3.63, 3.8) is 0 Å². The van der Waals surface area contributed by atoms with Gasteiger partial charge in [0.15, 0.2) is 0 Å². The van der Waals surface area contributed by atoms with E-state index in [-0.39, 0.29) is 23.4 Å². The highest BCUT2D eigenvalue weighted by atomic mass is 35.5. The van der Waals surface area contributed by atoms with Gasteiger partial charge in [0.05, 0.1) is 5.02 Å². The van der Waals surface area contributed by atoms with Crippen LogP contribution in [0.3, 0.4) is 0 Å². The Kier molecular flexibility index (Phi) is 5.65. The van der Waals surface area contributed by atoms with Gasteiger partial charge in [-0.2, -0.15) is 0 Å². The Hall–Kier alpha value is -1.46. The van der Waals surface area contributed by atoms with Gasteiger partial charge in [0.1, 0.15) is 11.4 Å². The van der Waals surface area contributed by atoms with Crippen LogP contribution in [0, 0.1) is 0 Å². The molecule has 0 spiro atoms. The van der Waals surface area contributed by atoms with E-state index in [4.69, 9.17) is 22.1 Å². The highest BCUT2D eigenvalue weighted by molar-refractivity contribution is 6.32. The normalized spacial score (nSPS) is 12.8. The van der Waals surface area contributed by atoms with Crippen LogP contribution in [-0.2, 0) is 11.2 Å². The Labute approximate surface area is 124 Å². The third-order valence-electron chi connectivity index (χ3n) is 2.54. The number of alkyl carbamates (subject to hydrolysis) is 1. The molecule has 0 heterocycles. The van der Waals surface area contributed by atoms with E-state index in [1.807, 2.05) is 0 Å². The van der Waals surface area contributed by atoms with Crippen LogP contribution in [0.25, 0.3) is 0 Å². The van der Waals surface area contributed by atoms with Gasteiger partial charge in [0.25, 0.3) is 0 Å². The lowest BCUT2D eigenvalue weighted by Gasteiger charge is -2.23. The average molecular weight is 301 g/mol. The van der Waals surface area contributed by atoms with Gasteiger partial charge in [-0.3, -0.25) is 0 Å². The van der Waals surface area contributed by atoms with Crippen molar-refractivity contribution in [3.05, 3.63) is 28.8 Å². The third kappa shape index (κ3) is 5.27. The minimum Gasteiger partial charge on any atom is -0.506 e. The molecule has 1 amide bonds. The minimum absolute atomic E-state index is 0.0126. The standard InChI is InChI=1S/C14H21ClN2O3/c1-14(2,3)20-13(19)17-10(8-16)7-9-5-4-6-11(15)12(9)18/h4-6,10,18H,7-8,16H2,1-3H3,(H,17,19). The molecule has 0 radical (unpaired) electrons. The van der Waals surface area contributed by atoms with Crippen molar-refractivity contribution in [2.24, 2.45) is 5.73 Å². The molecule has 1 aromatic rings. The smallest absolute Gasteiger partial charge is 0.407 e. The van der Waals surface area contributed by atoms with Gasteiger partial charge in [0, 0.05) is 12.6 Å². The number of amides is 1. The quantitative estimate of drug-likeness (QED) is 0.797. The Bertz CT molecular complexity index is 472. The molecule has 20 heavy (non-hydrogen) atoms. The van der Waals surface area contributed by atoms with E-state index in [2.05, 4.69) is 5.32 Å². The molecular formula is C14H21ClN2O3. The summed E-state index contributed by atoms with van der Waals surface area (Å²) in [5.41, 5.74) is 5.70. The fourth-order valence-corrected chi connectivity index (χ4v) is 1.85. The minimum atomic E-state index is -0.568. The zero-order valence-electron chi connectivity index (χ0n) is 11.9. The number of aromatic hydroxyl groups is 1. The monoisotopic (exact) mass is 300 g/mol. The Morgan fingerprint density at radius 1 is 1.50 bits per heavy atom. The lowest BCUT2D eigenvalue weighted by molar-refractivity contribution is 0.0505. The van der Waals surface area contributed by atoms with Crippen LogP contribution >= 0.6 is 11.6 Å². The molecule has 0 aliphatic heterocycles. The first-order valence-corrected chi connectivity index (χ1v) is 6.76. The summed E-state index contributed by atoms with van der Waals surface area (Å²) in [7, 11) is 0. The molecule has 0 fully saturated rings. The second-order valence-electron chi connectivity index (χ2n) is 5.53. The summed E-state index contributed by atoms with van der Waals surface area (Å²) in [5.74, 6) is 0.0126. The molecule has 0 saturated heterocycles. The molecule has 0 aliphatic rings. The van der Waals surface area contributed by atoms with Crippen LogP contribution in [0.15, 0.2) is 18.2 Å². The van der Waals surface area contributed by atoms with Crippen LogP contribution < -0.4 is 11.1 Å². The van der Waals surface area contributed by atoms with E-state index in [0.717, 1.165) is 0 Å². The summed E-state index contributed by atoms with van der Waals surface area (Å²) in [6.45, 7) is 5.58. The van der Waals surface area contributed by atoms with Crippen LogP contribution in [-0.4, -0.2) is 29.4 Å². The summed E-state index contributed by atoms with van der Waals surface area (Å²) in [4.78, 5) is 11.7. The van der Waals surface area contributed by atoms with E-state index in [1.54, 1.807) is 39.0 Å². The number of nitrogens with two attached hydrogens (primary N) is 1. The number of ether oxygens (including phenoxy) is 1. The summed E-state index contributed by atoms with van der Waals surface area (Å²) in [5, 5.41) is 12.8. The number of para-hydroxylation sites is 1. The Morgan fingerprint density at radius 2 is 2.15 bits per heavy atom. The van der Waals surface area contributed by atoms with E-state index in [9.17, 15) is 9.90 Å². The zero-order valence-corrected chi connectivity index (χ0v) is 12.7. The average Bonchev–Trinajstić information content (AvgIpc) is 2.31. The van der Waals surface area contributed by atoms with Crippen LogP contribution in [0.2, 0.25) is 5.02 Å². The first-order chi connectivity index (χ1) is 9.23. The molecule has 112 valence electrons. The maximum Gasteiger partial charge on any atom is 0.407 e. The van der Waals surface area contributed by atoms with Gasteiger partial charge in [-0.25, -0.2) is 4.79 Å². The number of rotatable bonds is 4. The maximum atomic E-state index is 11.7. The number of carbonyl (C=O) groups excluding carboxylic acids is 1. The van der Waals surface area contributed by atoms with Gasteiger partial charge in [-0.05, 0) is 38.8 Å². The SMILES string of the molecule is CC(C)(C)OC(=O)NC(CN)Cc1cccc(Cl)c1O. The Balaban J connectivity index is 2.68. The molecule has 0 bridgehead atoms. The predicted molar refractivity (Wildman–Crippen MR) is 79.0 cm³/mol. The molecule has 1 atom stereocenters. The second kappa shape index (κ2) is 6.81. The number of phenols is 1. The van der Waals surface area contributed by atoms with Gasteiger partial charge in [-0.15, -0.1) is 0 Å². The topological polar surface area (TPSA) is 84.6 Å². The predicted octanol–water partition coefficient (Wildman–Crippen LogP) is 2.44. The third-order valence-corrected chi connectivity index (χ3v) is 2.85. The number of halogens is 1. The summed E-state index contributed by atoms with van der Waals surface area (Å²) < 4.78 is 5.17. The number of hydrogen-bond donors (Lipinski definition) is 3. The fourth-order valence-electron chi connectivity index (χ4n) is 1.66. The van der Waals surface area contributed by atoms with E-state index < -0.39 is 11.7 Å². The molecule has 4 N–H and O–H groups in total. The molecule has 0 aromatic heterocycles. The molecule has 6 heteroatoms. The summed E-state index contributed by atoms with van der Waals surface area (Å²) in [6.07, 6.45) is -0.156. The first-order valence-electron chi connectivity index (χ1n) is 6.39. The lowest BCUT2D eigenvalue weighted by Crippen LogP contribution is -2.44. The van der Waals surface area contributed by atoms with Crippen molar-refractivity contribution < 1.29 is 14.6 Å². The van der Waals surface area contributed by atoms with E-state index in [0.29, 0.717) is 12.0 Å². The fraction of sp³-hybridized carbons (Fsp3) is 0.500. The number of nitrogens with one attached hydrogen (secondary N) is 1. The van der Waals surface area contributed by atoms with E-state index >= 15 is 0 Å². The van der Waals surface area contributed by atoms with Crippen LogP contribution in [0.4, 0.5) is 4.79 Å². The molecule has 0 saturated carbocycles. The molecule has 1 rings (SSSR count). The number of phenolic OH excluding ortho intramolecular Hbond substituents is 1. The highest BCUT2D eigenvalue weighted by Gasteiger charge is 2.20. The van der Waals surface area contributed by atoms with E-state index in [1.165, 1.54) is 0 Å². The number of benzene rings is 1. The number of carbonyl (C=O) groups is 1. The van der Waals surface area contributed by atoms with Crippen LogP contribution in [0.5, 0.6) is 5.75 Å². The largest absolute Gasteiger partial charge is 0.506 e. The van der Waals surface area contributed by atoms with Gasteiger partial charge in [-0.1, -0.05) is 23.7 Å². The van der Waals surface area contributed by atoms with Crippen LogP contribution in [0.1, 0.15) is 26.3 Å². The van der Waals surface area contributed by atoms with Crippen molar-refractivity contribution in [2.75, 3.05) is 6.54 Å². The van der Waals surface area contributed by atoms with Gasteiger partial charge in [0.2, 0.25) is 0 Å². The molecular weight excluding hydrogens is 280 g/mol. The highest BCUT2D eigenvalue weighted by Crippen LogP contribution is 2.27. The van der Waals surface area contributed by atoms with Crippen molar-refractivity contribution in [1.29, 1.82) is 0 Å². The molecule has 0 aliphatic carbocycles. The molecule has 1 aromatic carbocycles.